The van der Waals surface area contributed by atoms with E-state index < -0.39 is 0 Å². The Bertz CT molecular complexity index is 1270. The molecule has 3 aromatic carbocycles. The average molecular weight is 451 g/mol. The van der Waals surface area contributed by atoms with Gasteiger partial charge in [0.05, 0.1) is 42.7 Å². The molecule has 0 radical (unpaired) electrons. The number of hydrogen-bond donors (Lipinski definition) is 0. The van der Waals surface area contributed by atoms with Crippen LogP contribution in [0.25, 0.3) is 33.7 Å². The van der Waals surface area contributed by atoms with Crippen molar-refractivity contribution in [2.24, 2.45) is 0 Å². The maximum Gasteiger partial charge on any atom is 0.234 e. The van der Waals surface area contributed by atoms with E-state index in [1.165, 1.54) is 0 Å². The molecule has 0 aliphatic carbocycles. The molecule has 0 aliphatic heterocycles. The Morgan fingerprint density at radius 3 is 1.88 bits per heavy atom. The second-order valence-electron chi connectivity index (χ2n) is 6.99. The maximum atomic E-state index is 6.14. The molecule has 33 heavy (non-hydrogen) atoms. The third kappa shape index (κ3) is 3.84. The molecule has 0 spiro atoms. The van der Waals surface area contributed by atoms with Crippen LogP contribution in [0, 0.1) is 0 Å². The number of nitrogens with zero attached hydrogens (tertiary/aromatic N) is 1. The number of hydrogen-bond acceptors (Lipinski definition) is 8. The molecule has 0 saturated heterocycles. The lowest BCUT2D eigenvalue weighted by atomic mass is 10.0. The topological polar surface area (TPSA) is 81.4 Å². The summed E-state index contributed by atoms with van der Waals surface area (Å²) in [4.78, 5) is 4.65. The lowest BCUT2D eigenvalue weighted by molar-refractivity contribution is 0.325. The molecular formula is C25H25NO7. The first-order valence-electron chi connectivity index (χ1n) is 10.1. The molecule has 4 rings (SSSR count). The molecule has 1 aromatic heterocycles. The first-order valence-corrected chi connectivity index (χ1v) is 10.1. The smallest absolute Gasteiger partial charge is 0.234 e. The van der Waals surface area contributed by atoms with Crippen LogP contribution in [0.1, 0.15) is 0 Å². The van der Waals surface area contributed by atoms with Crippen LogP contribution < -0.4 is 28.4 Å². The third-order valence-corrected chi connectivity index (χ3v) is 5.33. The summed E-state index contributed by atoms with van der Waals surface area (Å²) in [5.74, 6) is 3.70. The van der Waals surface area contributed by atoms with Gasteiger partial charge in [-0.3, -0.25) is 0 Å². The van der Waals surface area contributed by atoms with Crippen molar-refractivity contribution in [2.45, 2.75) is 0 Å². The van der Waals surface area contributed by atoms with Crippen molar-refractivity contribution in [1.29, 1.82) is 0 Å². The molecule has 0 amide bonds. The molecule has 0 fully saturated rings. The molecule has 0 unspecified atom stereocenters. The van der Waals surface area contributed by atoms with Crippen molar-refractivity contribution in [2.75, 3.05) is 42.7 Å². The maximum absolute atomic E-state index is 6.14. The summed E-state index contributed by atoms with van der Waals surface area (Å²) in [5.41, 5.74) is 3.58. The van der Waals surface area contributed by atoms with E-state index in [2.05, 4.69) is 4.98 Å². The molecule has 0 atom stereocenters. The highest BCUT2D eigenvalue weighted by atomic mass is 16.5. The van der Waals surface area contributed by atoms with Crippen molar-refractivity contribution in [1.82, 2.24) is 4.98 Å². The average Bonchev–Trinajstić information content (AvgIpc) is 3.29. The number of oxazole rings is 1. The second kappa shape index (κ2) is 9.20. The number of aromatic nitrogens is 1. The van der Waals surface area contributed by atoms with E-state index in [1.807, 2.05) is 30.3 Å². The van der Waals surface area contributed by atoms with E-state index in [-0.39, 0.29) is 0 Å². The van der Waals surface area contributed by atoms with Gasteiger partial charge in [0, 0.05) is 17.7 Å². The minimum atomic E-state index is 0.373. The van der Waals surface area contributed by atoms with E-state index in [9.17, 15) is 0 Å². The fraction of sp³-hybridized carbons (Fsp3) is 0.240. The third-order valence-electron chi connectivity index (χ3n) is 5.33. The van der Waals surface area contributed by atoms with Crippen molar-refractivity contribution in [3.8, 4) is 57.1 Å². The van der Waals surface area contributed by atoms with Crippen LogP contribution in [-0.4, -0.2) is 47.6 Å². The van der Waals surface area contributed by atoms with Gasteiger partial charge >= 0.3 is 0 Å². The fourth-order valence-corrected chi connectivity index (χ4v) is 3.74. The Balaban J connectivity index is 1.86. The number of fused-ring (bicyclic) bond motifs is 1. The summed E-state index contributed by atoms with van der Waals surface area (Å²) in [6, 6.07) is 13.0. The predicted molar refractivity (Wildman–Crippen MR) is 124 cm³/mol. The quantitative estimate of drug-likeness (QED) is 0.361. The zero-order valence-corrected chi connectivity index (χ0v) is 19.3. The molecule has 1 heterocycles. The summed E-state index contributed by atoms with van der Waals surface area (Å²) in [6.07, 6.45) is 0. The van der Waals surface area contributed by atoms with Crippen LogP contribution in [0.3, 0.4) is 0 Å². The van der Waals surface area contributed by atoms with Crippen LogP contribution in [0.4, 0.5) is 0 Å². The lowest BCUT2D eigenvalue weighted by Gasteiger charge is -2.15. The highest BCUT2D eigenvalue weighted by molar-refractivity contribution is 5.86. The van der Waals surface area contributed by atoms with Crippen LogP contribution in [0.5, 0.6) is 34.5 Å². The number of benzene rings is 3. The summed E-state index contributed by atoms with van der Waals surface area (Å²) in [7, 11) is 9.47. The monoisotopic (exact) mass is 451 g/mol. The van der Waals surface area contributed by atoms with E-state index in [0.29, 0.717) is 57.1 Å². The number of methoxy groups -OCH3 is 6. The minimum Gasteiger partial charge on any atom is -0.496 e. The van der Waals surface area contributed by atoms with Gasteiger partial charge in [-0.25, -0.2) is 4.98 Å². The van der Waals surface area contributed by atoms with Gasteiger partial charge in [0.2, 0.25) is 11.6 Å². The Morgan fingerprint density at radius 2 is 1.30 bits per heavy atom. The zero-order chi connectivity index (χ0) is 23.5. The molecule has 8 heteroatoms. The van der Waals surface area contributed by atoms with Gasteiger partial charge in [0.15, 0.2) is 17.1 Å². The van der Waals surface area contributed by atoms with Crippen LogP contribution in [0.15, 0.2) is 46.9 Å². The van der Waals surface area contributed by atoms with Crippen LogP contribution >= 0.6 is 0 Å². The summed E-state index contributed by atoms with van der Waals surface area (Å²) in [5, 5.41) is 0. The van der Waals surface area contributed by atoms with E-state index in [1.54, 1.807) is 54.8 Å². The van der Waals surface area contributed by atoms with Crippen molar-refractivity contribution < 1.29 is 32.8 Å². The standard InChI is InChI=1S/C25H25NO7/c1-27-15-12-20(29-3)22(21(13-15)30-4)25-26-17-9-7-14(11-19(17)33-25)16-8-10-18(28-2)24(32-6)23(16)31-5/h7-13H,1-6H3. The van der Waals surface area contributed by atoms with Gasteiger partial charge in [0.25, 0.3) is 0 Å². The highest BCUT2D eigenvalue weighted by Gasteiger charge is 2.22. The Hall–Kier alpha value is -4.07. The predicted octanol–water partition coefficient (Wildman–Crippen LogP) is 5.21. The first kappa shape index (κ1) is 22.1. The first-order chi connectivity index (χ1) is 16.1. The molecule has 4 aromatic rings. The summed E-state index contributed by atoms with van der Waals surface area (Å²) in [6.45, 7) is 0. The van der Waals surface area contributed by atoms with E-state index >= 15 is 0 Å². The number of rotatable bonds is 8. The molecule has 0 N–H and O–H groups in total. The summed E-state index contributed by atoms with van der Waals surface area (Å²) < 4.78 is 39.1. The molecular weight excluding hydrogens is 426 g/mol. The zero-order valence-electron chi connectivity index (χ0n) is 19.3. The fourth-order valence-electron chi connectivity index (χ4n) is 3.74. The normalized spacial score (nSPS) is 10.7. The lowest BCUT2D eigenvalue weighted by Crippen LogP contribution is -1.96. The molecule has 0 aliphatic rings. The van der Waals surface area contributed by atoms with Gasteiger partial charge in [-0.15, -0.1) is 0 Å². The summed E-state index contributed by atoms with van der Waals surface area (Å²) >= 11 is 0. The van der Waals surface area contributed by atoms with Gasteiger partial charge in [-0.05, 0) is 29.8 Å². The van der Waals surface area contributed by atoms with Crippen molar-refractivity contribution in [3.05, 3.63) is 42.5 Å². The Morgan fingerprint density at radius 1 is 0.636 bits per heavy atom. The molecule has 8 nitrogen and oxygen atoms in total. The highest BCUT2D eigenvalue weighted by Crippen LogP contribution is 2.46. The van der Waals surface area contributed by atoms with Crippen molar-refractivity contribution in [3.63, 3.8) is 0 Å². The van der Waals surface area contributed by atoms with Gasteiger partial charge < -0.3 is 32.8 Å². The molecule has 172 valence electrons. The SMILES string of the molecule is COc1cc(OC)c(-c2nc3ccc(-c4ccc(OC)c(OC)c4OC)cc3o2)c(OC)c1. The van der Waals surface area contributed by atoms with Crippen LogP contribution in [-0.2, 0) is 0 Å². The van der Waals surface area contributed by atoms with Gasteiger partial charge in [-0.1, -0.05) is 6.07 Å². The minimum absolute atomic E-state index is 0.373. The Labute approximate surface area is 191 Å². The Kier molecular flexibility index (Phi) is 6.17. The van der Waals surface area contributed by atoms with Gasteiger partial charge in [-0.2, -0.15) is 0 Å². The number of ether oxygens (including phenoxy) is 6. The van der Waals surface area contributed by atoms with Crippen LogP contribution in [0.2, 0.25) is 0 Å². The largest absolute Gasteiger partial charge is 0.496 e. The second-order valence-corrected chi connectivity index (χ2v) is 6.99. The molecule has 0 bridgehead atoms. The van der Waals surface area contributed by atoms with Crippen molar-refractivity contribution >= 4 is 11.1 Å². The van der Waals surface area contributed by atoms with Gasteiger partial charge in [0.1, 0.15) is 28.3 Å². The van der Waals surface area contributed by atoms with E-state index in [0.717, 1.165) is 11.1 Å². The van der Waals surface area contributed by atoms with E-state index in [4.69, 9.17) is 32.8 Å². The molecule has 0 saturated carbocycles.